The van der Waals surface area contributed by atoms with Gasteiger partial charge in [-0.25, -0.2) is 13.2 Å². The third-order valence-electron chi connectivity index (χ3n) is 3.23. The van der Waals surface area contributed by atoms with E-state index >= 15 is 0 Å². The van der Waals surface area contributed by atoms with Crippen LogP contribution in [0.1, 0.15) is 19.4 Å². The maximum Gasteiger partial charge on any atom is 0.349 e. The number of hydrogen-bond acceptors (Lipinski definition) is 4. The zero-order chi connectivity index (χ0) is 16.8. The van der Waals surface area contributed by atoms with E-state index in [2.05, 4.69) is 6.58 Å². The first-order chi connectivity index (χ1) is 10.4. The van der Waals surface area contributed by atoms with Gasteiger partial charge in [0.2, 0.25) is 0 Å². The van der Waals surface area contributed by atoms with Gasteiger partial charge in [0.25, 0.3) is 0 Å². The van der Waals surface area contributed by atoms with Crippen LogP contribution in [0.5, 0.6) is 0 Å². The quantitative estimate of drug-likeness (QED) is 0.587. The molecule has 1 N–H and O–H groups in total. The van der Waals surface area contributed by atoms with Gasteiger partial charge in [-0.1, -0.05) is 36.9 Å². The lowest BCUT2D eigenvalue weighted by Crippen LogP contribution is -2.27. The van der Waals surface area contributed by atoms with Crippen molar-refractivity contribution in [1.82, 2.24) is 4.90 Å². The van der Waals surface area contributed by atoms with E-state index in [1.165, 1.54) is 6.08 Å². The van der Waals surface area contributed by atoms with Crippen LogP contribution in [-0.2, 0) is 20.4 Å². The van der Waals surface area contributed by atoms with E-state index in [9.17, 15) is 18.3 Å². The smallest absolute Gasteiger partial charge is 0.349 e. The van der Waals surface area contributed by atoms with E-state index in [4.69, 9.17) is 0 Å². The molecule has 1 aromatic carbocycles. The number of likely N-dealkylation sites (N-methyl/N-ethyl adjacent to an activating group) is 1. The standard InChI is InChI=1S/C16H21NO4S/c1-4-14(17(5-2)6-3)15(16(18)19)22(20,21)12-13-10-8-7-9-11-13/h4,7-11H,1,5-6,12H2,2-3H3,(H,18,19). The van der Waals surface area contributed by atoms with E-state index in [1.54, 1.807) is 35.2 Å². The number of carbonyl (C=O) groups is 1. The number of carboxylic acids is 1. The summed E-state index contributed by atoms with van der Waals surface area (Å²) in [5.74, 6) is -1.81. The second kappa shape index (κ2) is 7.79. The van der Waals surface area contributed by atoms with Gasteiger partial charge in [-0.3, -0.25) is 0 Å². The Balaban J connectivity index is 3.40. The maximum atomic E-state index is 12.6. The minimum Gasteiger partial charge on any atom is -0.477 e. The van der Waals surface area contributed by atoms with Crippen molar-refractivity contribution < 1.29 is 18.3 Å². The van der Waals surface area contributed by atoms with E-state index in [0.29, 0.717) is 18.7 Å². The normalized spacial score (nSPS) is 12.5. The first kappa shape index (κ1) is 18.0. The van der Waals surface area contributed by atoms with Crippen LogP contribution < -0.4 is 0 Å². The fraction of sp³-hybridized carbons (Fsp3) is 0.312. The Hall–Kier alpha value is -2.08. The van der Waals surface area contributed by atoms with Gasteiger partial charge in [0, 0.05) is 13.1 Å². The van der Waals surface area contributed by atoms with Gasteiger partial charge in [-0.2, -0.15) is 0 Å². The molecule has 22 heavy (non-hydrogen) atoms. The minimum absolute atomic E-state index is 0.133. The number of allylic oxidation sites excluding steroid dienone is 1. The molecular weight excluding hydrogens is 302 g/mol. The number of benzene rings is 1. The third kappa shape index (κ3) is 4.21. The van der Waals surface area contributed by atoms with Gasteiger partial charge >= 0.3 is 5.97 Å². The predicted octanol–water partition coefficient (Wildman–Crippen LogP) is 2.43. The van der Waals surface area contributed by atoms with Crippen molar-refractivity contribution in [2.24, 2.45) is 0 Å². The highest BCUT2D eigenvalue weighted by Gasteiger charge is 2.30. The summed E-state index contributed by atoms with van der Waals surface area (Å²) in [7, 11) is -3.98. The lowest BCUT2D eigenvalue weighted by atomic mass is 10.2. The number of nitrogens with zero attached hydrogens (tertiary/aromatic N) is 1. The van der Waals surface area contributed by atoms with Gasteiger partial charge in [0.05, 0.1) is 11.4 Å². The van der Waals surface area contributed by atoms with Gasteiger partial charge in [-0.05, 0) is 25.5 Å². The maximum absolute atomic E-state index is 12.6. The summed E-state index contributed by atoms with van der Waals surface area (Å²) in [6.45, 7) is 8.22. The predicted molar refractivity (Wildman–Crippen MR) is 86.8 cm³/mol. The topological polar surface area (TPSA) is 74.7 Å². The molecule has 0 radical (unpaired) electrons. The molecule has 0 unspecified atom stereocenters. The van der Waals surface area contributed by atoms with Gasteiger partial charge in [0.1, 0.15) is 0 Å². The van der Waals surface area contributed by atoms with Crippen molar-refractivity contribution in [1.29, 1.82) is 0 Å². The SMILES string of the molecule is C=CC(=C(C(=O)O)S(=O)(=O)Cc1ccccc1)N(CC)CC. The van der Waals surface area contributed by atoms with Crippen LogP contribution in [0.15, 0.2) is 53.6 Å². The van der Waals surface area contributed by atoms with Crippen LogP contribution in [0.2, 0.25) is 0 Å². The Labute approximate surface area is 131 Å². The average molecular weight is 323 g/mol. The van der Waals surface area contributed by atoms with Crippen molar-refractivity contribution in [3.05, 3.63) is 59.2 Å². The average Bonchev–Trinajstić information content (AvgIpc) is 2.47. The van der Waals surface area contributed by atoms with Crippen molar-refractivity contribution in [2.75, 3.05) is 13.1 Å². The van der Waals surface area contributed by atoms with Crippen LogP contribution in [0, 0.1) is 0 Å². The van der Waals surface area contributed by atoms with E-state index in [-0.39, 0.29) is 11.4 Å². The fourth-order valence-corrected chi connectivity index (χ4v) is 3.77. The van der Waals surface area contributed by atoms with E-state index in [0.717, 1.165) is 0 Å². The van der Waals surface area contributed by atoms with Crippen LogP contribution >= 0.6 is 0 Å². The number of aliphatic carboxylic acids is 1. The number of rotatable bonds is 8. The summed E-state index contributed by atoms with van der Waals surface area (Å²) in [4.78, 5) is 12.6. The number of hydrogen-bond donors (Lipinski definition) is 1. The monoisotopic (exact) mass is 323 g/mol. The second-order valence-corrected chi connectivity index (χ2v) is 6.57. The zero-order valence-corrected chi connectivity index (χ0v) is 13.6. The molecule has 0 spiro atoms. The summed E-state index contributed by atoms with van der Waals surface area (Å²) in [6, 6.07) is 8.51. The van der Waals surface area contributed by atoms with Crippen molar-refractivity contribution >= 4 is 15.8 Å². The third-order valence-corrected chi connectivity index (χ3v) is 4.95. The first-order valence-corrected chi connectivity index (χ1v) is 8.64. The minimum atomic E-state index is -3.98. The molecule has 0 atom stereocenters. The van der Waals surface area contributed by atoms with Crippen LogP contribution in [0.3, 0.4) is 0 Å². The fourth-order valence-electron chi connectivity index (χ4n) is 2.20. The van der Waals surface area contributed by atoms with Gasteiger partial charge in [-0.15, -0.1) is 0 Å². The van der Waals surface area contributed by atoms with E-state index in [1.807, 2.05) is 13.8 Å². The molecule has 0 amide bonds. The molecule has 0 bridgehead atoms. The summed E-state index contributed by atoms with van der Waals surface area (Å²) < 4.78 is 25.1. The highest BCUT2D eigenvalue weighted by atomic mass is 32.2. The van der Waals surface area contributed by atoms with E-state index < -0.39 is 20.7 Å². The largest absolute Gasteiger partial charge is 0.477 e. The zero-order valence-electron chi connectivity index (χ0n) is 12.8. The van der Waals surface area contributed by atoms with Crippen molar-refractivity contribution in [3.8, 4) is 0 Å². The Morgan fingerprint density at radius 3 is 2.18 bits per heavy atom. The highest BCUT2D eigenvalue weighted by Crippen LogP contribution is 2.21. The lowest BCUT2D eigenvalue weighted by Gasteiger charge is -2.24. The molecule has 0 aliphatic heterocycles. The number of carboxylic acid groups (broad SMARTS) is 1. The summed E-state index contributed by atoms with van der Waals surface area (Å²) in [5.41, 5.74) is 0.678. The van der Waals surface area contributed by atoms with Crippen LogP contribution in [-0.4, -0.2) is 37.5 Å². The first-order valence-electron chi connectivity index (χ1n) is 6.99. The molecule has 0 aliphatic carbocycles. The number of sulfone groups is 1. The molecule has 0 aliphatic rings. The molecule has 0 aromatic heterocycles. The Morgan fingerprint density at radius 1 is 1.23 bits per heavy atom. The Kier molecular flexibility index (Phi) is 6.37. The summed E-state index contributed by atoms with van der Waals surface area (Å²) in [5, 5.41) is 9.42. The molecule has 1 rings (SSSR count). The molecule has 0 saturated carbocycles. The Morgan fingerprint density at radius 2 is 1.77 bits per heavy atom. The Bertz CT molecular complexity index is 659. The molecule has 1 aromatic rings. The molecule has 0 fully saturated rings. The molecule has 120 valence electrons. The molecule has 6 heteroatoms. The second-order valence-electron chi connectivity index (χ2n) is 4.64. The summed E-state index contributed by atoms with van der Waals surface area (Å²) >= 11 is 0. The summed E-state index contributed by atoms with van der Waals surface area (Å²) in [6.07, 6.45) is 1.29. The molecular formula is C16H21NO4S. The molecule has 0 saturated heterocycles. The highest BCUT2D eigenvalue weighted by molar-refractivity contribution is 7.95. The van der Waals surface area contributed by atoms with Crippen molar-refractivity contribution in [2.45, 2.75) is 19.6 Å². The van der Waals surface area contributed by atoms with Crippen molar-refractivity contribution in [3.63, 3.8) is 0 Å². The molecule has 5 nitrogen and oxygen atoms in total. The van der Waals surface area contributed by atoms with Crippen LogP contribution in [0.4, 0.5) is 0 Å². The van der Waals surface area contributed by atoms with Crippen LogP contribution in [0.25, 0.3) is 0 Å². The molecule has 0 heterocycles. The van der Waals surface area contributed by atoms with Gasteiger partial charge in [0.15, 0.2) is 14.7 Å². The lowest BCUT2D eigenvalue weighted by molar-refractivity contribution is -0.132. The van der Waals surface area contributed by atoms with Gasteiger partial charge < -0.3 is 10.0 Å².